The summed E-state index contributed by atoms with van der Waals surface area (Å²) >= 11 is 0. The molecule has 5 nitrogen and oxygen atoms in total. The van der Waals surface area contributed by atoms with Crippen LogP contribution in [0.15, 0.2) is 10.9 Å². The zero-order valence-electron chi connectivity index (χ0n) is 8.72. The van der Waals surface area contributed by atoms with Crippen LogP contribution >= 0.6 is 0 Å². The molecule has 0 radical (unpaired) electrons. The number of hydrogen-bond donors (Lipinski definition) is 1. The fourth-order valence-electron chi connectivity index (χ4n) is 2.80. The van der Waals surface area contributed by atoms with Crippen LogP contribution < -0.4 is 5.32 Å². The van der Waals surface area contributed by atoms with E-state index in [2.05, 4.69) is 20.4 Å². The Morgan fingerprint density at radius 1 is 1.53 bits per heavy atom. The number of piperidine rings is 1. The predicted molar refractivity (Wildman–Crippen MR) is 54.1 cm³/mol. The summed E-state index contributed by atoms with van der Waals surface area (Å²) in [6.45, 7) is 4.28. The third kappa shape index (κ3) is 1.77. The lowest BCUT2D eigenvalue weighted by Crippen LogP contribution is -2.44. The topological polar surface area (TPSA) is 54.2 Å². The molecule has 0 aliphatic carbocycles. The quantitative estimate of drug-likeness (QED) is 0.755. The van der Waals surface area contributed by atoms with Gasteiger partial charge in [0.25, 0.3) is 0 Å². The highest BCUT2D eigenvalue weighted by atomic mass is 16.5. The molecule has 2 aliphatic rings. The second-order valence-corrected chi connectivity index (χ2v) is 4.45. The molecule has 2 aliphatic heterocycles. The van der Waals surface area contributed by atoms with Crippen LogP contribution in [0, 0.1) is 5.92 Å². The van der Waals surface area contributed by atoms with E-state index in [0.29, 0.717) is 6.04 Å². The molecule has 0 amide bonds. The summed E-state index contributed by atoms with van der Waals surface area (Å²) in [5, 5.41) is 7.34. The molecule has 0 spiro atoms. The van der Waals surface area contributed by atoms with Gasteiger partial charge in [-0.05, 0) is 31.8 Å². The van der Waals surface area contributed by atoms with Gasteiger partial charge in [-0.1, -0.05) is 5.16 Å². The molecule has 0 saturated carbocycles. The van der Waals surface area contributed by atoms with Gasteiger partial charge >= 0.3 is 0 Å². The van der Waals surface area contributed by atoms with Crippen molar-refractivity contribution in [2.45, 2.75) is 25.4 Å². The van der Waals surface area contributed by atoms with Gasteiger partial charge in [0.2, 0.25) is 6.39 Å². The molecule has 2 saturated heterocycles. The minimum absolute atomic E-state index is 0.678. The van der Waals surface area contributed by atoms with Gasteiger partial charge in [-0.15, -0.1) is 0 Å². The molecule has 1 N–H and O–H groups in total. The highest BCUT2D eigenvalue weighted by Gasteiger charge is 2.35. The van der Waals surface area contributed by atoms with E-state index in [1.165, 1.54) is 25.8 Å². The number of likely N-dealkylation sites (tertiary alicyclic amines) is 1. The van der Waals surface area contributed by atoms with E-state index in [1.54, 1.807) is 0 Å². The number of fused-ring (bicyclic) bond motifs is 1. The highest BCUT2D eigenvalue weighted by molar-refractivity contribution is 4.93. The minimum atomic E-state index is 0.678. The van der Waals surface area contributed by atoms with E-state index in [9.17, 15) is 0 Å². The molecular weight excluding hydrogens is 192 g/mol. The SMILES string of the molecule is c1nc(CN2CCCC3CNCC32)no1. The maximum atomic E-state index is 4.76. The number of nitrogens with zero attached hydrogens (tertiary/aromatic N) is 3. The molecule has 2 atom stereocenters. The first-order valence-electron chi connectivity index (χ1n) is 5.63. The smallest absolute Gasteiger partial charge is 0.213 e. The lowest BCUT2D eigenvalue weighted by atomic mass is 9.92. The predicted octanol–water partition coefficient (Wildman–Crippen LogP) is 0.253. The van der Waals surface area contributed by atoms with Gasteiger partial charge in [-0.2, -0.15) is 4.98 Å². The van der Waals surface area contributed by atoms with Crippen LogP contribution in [-0.2, 0) is 6.54 Å². The van der Waals surface area contributed by atoms with Crippen molar-refractivity contribution < 1.29 is 4.52 Å². The lowest BCUT2D eigenvalue weighted by molar-refractivity contribution is 0.113. The summed E-state index contributed by atoms with van der Waals surface area (Å²) in [6, 6.07) is 0.678. The van der Waals surface area contributed by atoms with Crippen LogP contribution in [0.3, 0.4) is 0 Å². The molecule has 3 heterocycles. The Labute approximate surface area is 88.8 Å². The molecule has 2 unspecified atom stereocenters. The Morgan fingerprint density at radius 2 is 2.53 bits per heavy atom. The van der Waals surface area contributed by atoms with E-state index >= 15 is 0 Å². The highest BCUT2D eigenvalue weighted by Crippen LogP contribution is 2.27. The van der Waals surface area contributed by atoms with E-state index in [0.717, 1.165) is 31.4 Å². The summed E-state index contributed by atoms with van der Waals surface area (Å²) in [7, 11) is 0. The summed E-state index contributed by atoms with van der Waals surface area (Å²) in [4.78, 5) is 6.57. The van der Waals surface area contributed by atoms with Gasteiger partial charge in [0.05, 0.1) is 6.54 Å². The maximum Gasteiger partial charge on any atom is 0.213 e. The standard InChI is InChI=1S/C10H16N4O/c1-2-8-4-11-5-9(8)14(3-1)6-10-12-7-15-13-10/h7-9,11H,1-6H2. The zero-order valence-corrected chi connectivity index (χ0v) is 8.72. The number of rotatable bonds is 2. The van der Waals surface area contributed by atoms with Gasteiger partial charge < -0.3 is 9.84 Å². The molecule has 15 heavy (non-hydrogen) atoms. The van der Waals surface area contributed by atoms with E-state index in [1.807, 2.05) is 0 Å². The van der Waals surface area contributed by atoms with Crippen molar-refractivity contribution in [1.82, 2.24) is 20.4 Å². The van der Waals surface area contributed by atoms with Crippen molar-refractivity contribution in [1.29, 1.82) is 0 Å². The van der Waals surface area contributed by atoms with Crippen molar-refractivity contribution in [3.05, 3.63) is 12.2 Å². The third-order valence-electron chi connectivity index (χ3n) is 3.54. The van der Waals surface area contributed by atoms with Crippen LogP contribution in [0.5, 0.6) is 0 Å². The fraction of sp³-hybridized carbons (Fsp3) is 0.800. The van der Waals surface area contributed by atoms with Crippen molar-refractivity contribution >= 4 is 0 Å². The molecule has 1 aromatic heterocycles. The van der Waals surface area contributed by atoms with Crippen molar-refractivity contribution in [2.75, 3.05) is 19.6 Å². The molecule has 2 fully saturated rings. The average molecular weight is 208 g/mol. The van der Waals surface area contributed by atoms with Gasteiger partial charge in [0.1, 0.15) is 0 Å². The van der Waals surface area contributed by atoms with Gasteiger partial charge in [0, 0.05) is 12.6 Å². The Kier molecular flexibility index (Phi) is 2.42. The molecule has 3 rings (SSSR count). The van der Waals surface area contributed by atoms with Crippen LogP contribution in [-0.4, -0.2) is 40.7 Å². The number of nitrogens with one attached hydrogen (secondary N) is 1. The summed E-state index contributed by atoms with van der Waals surface area (Å²) in [5.41, 5.74) is 0. The summed E-state index contributed by atoms with van der Waals surface area (Å²) in [6.07, 6.45) is 4.06. The van der Waals surface area contributed by atoms with E-state index in [-0.39, 0.29) is 0 Å². The third-order valence-corrected chi connectivity index (χ3v) is 3.54. The maximum absolute atomic E-state index is 4.76. The van der Waals surface area contributed by atoms with Crippen LogP contribution in [0.4, 0.5) is 0 Å². The Bertz CT molecular complexity index is 313. The Balaban J connectivity index is 1.69. The zero-order chi connectivity index (χ0) is 10.1. The van der Waals surface area contributed by atoms with Crippen molar-refractivity contribution in [2.24, 2.45) is 5.92 Å². The summed E-state index contributed by atoms with van der Waals surface area (Å²) in [5.74, 6) is 1.63. The molecule has 5 heteroatoms. The van der Waals surface area contributed by atoms with Gasteiger partial charge in [-0.3, -0.25) is 4.90 Å². The van der Waals surface area contributed by atoms with Gasteiger partial charge in [0.15, 0.2) is 5.82 Å². The van der Waals surface area contributed by atoms with Crippen LogP contribution in [0.2, 0.25) is 0 Å². The Hall–Kier alpha value is -0.940. The molecule has 1 aromatic rings. The first kappa shape index (κ1) is 9.30. The largest absolute Gasteiger partial charge is 0.343 e. The molecular formula is C10H16N4O. The second kappa shape index (κ2) is 3.90. The minimum Gasteiger partial charge on any atom is -0.343 e. The summed E-state index contributed by atoms with van der Waals surface area (Å²) < 4.78 is 4.76. The second-order valence-electron chi connectivity index (χ2n) is 4.45. The lowest BCUT2D eigenvalue weighted by Gasteiger charge is -2.36. The number of aromatic nitrogens is 2. The van der Waals surface area contributed by atoms with Crippen LogP contribution in [0.25, 0.3) is 0 Å². The average Bonchev–Trinajstić information content (AvgIpc) is 2.87. The van der Waals surface area contributed by atoms with Crippen molar-refractivity contribution in [3.63, 3.8) is 0 Å². The molecule has 0 aromatic carbocycles. The first-order valence-corrected chi connectivity index (χ1v) is 5.63. The molecule has 0 bridgehead atoms. The number of hydrogen-bond acceptors (Lipinski definition) is 5. The fourth-order valence-corrected chi connectivity index (χ4v) is 2.80. The normalized spacial score (nSPS) is 31.7. The van der Waals surface area contributed by atoms with Crippen LogP contribution in [0.1, 0.15) is 18.7 Å². The van der Waals surface area contributed by atoms with Crippen molar-refractivity contribution in [3.8, 4) is 0 Å². The van der Waals surface area contributed by atoms with E-state index in [4.69, 9.17) is 4.52 Å². The molecule has 82 valence electrons. The first-order chi connectivity index (χ1) is 7.43. The Morgan fingerprint density at radius 3 is 3.40 bits per heavy atom. The van der Waals surface area contributed by atoms with Gasteiger partial charge in [-0.25, -0.2) is 0 Å². The van der Waals surface area contributed by atoms with E-state index < -0.39 is 0 Å². The monoisotopic (exact) mass is 208 g/mol.